The quantitative estimate of drug-likeness (QED) is 0.716. The highest BCUT2D eigenvalue weighted by molar-refractivity contribution is 5.97. The van der Waals surface area contributed by atoms with Crippen molar-refractivity contribution in [3.63, 3.8) is 0 Å². The van der Waals surface area contributed by atoms with Crippen molar-refractivity contribution in [1.82, 2.24) is 14.8 Å². The number of halogens is 1. The van der Waals surface area contributed by atoms with E-state index in [4.69, 9.17) is 0 Å². The molecule has 1 aromatic heterocycles. The van der Waals surface area contributed by atoms with Gasteiger partial charge in [0.1, 0.15) is 18.2 Å². The summed E-state index contributed by atoms with van der Waals surface area (Å²) < 4.78 is 15.0. The Morgan fingerprint density at radius 3 is 2.52 bits per heavy atom. The molecule has 27 heavy (non-hydrogen) atoms. The molecule has 0 bridgehead atoms. The summed E-state index contributed by atoms with van der Waals surface area (Å²) in [5, 5.41) is 8.61. The molecule has 0 unspecified atom stereocenters. The summed E-state index contributed by atoms with van der Waals surface area (Å²) in [7, 11) is 3.68. The Labute approximate surface area is 156 Å². The Bertz CT molecular complexity index is 982. The number of carbonyl (C=O) groups excluding carboxylic acids is 1. The molecule has 0 fully saturated rings. The van der Waals surface area contributed by atoms with Crippen LogP contribution >= 0.6 is 0 Å². The van der Waals surface area contributed by atoms with Crippen LogP contribution in [0.3, 0.4) is 0 Å². The Morgan fingerprint density at radius 2 is 1.74 bits per heavy atom. The number of rotatable bonds is 3. The smallest absolute Gasteiger partial charge is 0.246 e. The lowest BCUT2D eigenvalue weighted by Gasteiger charge is -2.20. The van der Waals surface area contributed by atoms with Gasteiger partial charge in [-0.3, -0.25) is 4.79 Å². The average molecular weight is 365 g/mol. The Balaban J connectivity index is 1.63. The second kappa shape index (κ2) is 6.83. The van der Waals surface area contributed by atoms with Gasteiger partial charge in [-0.05, 0) is 29.3 Å². The number of carbonyl (C=O) groups is 1. The van der Waals surface area contributed by atoms with Gasteiger partial charge in [0.15, 0.2) is 0 Å². The van der Waals surface area contributed by atoms with Gasteiger partial charge in [0.2, 0.25) is 11.9 Å². The fourth-order valence-electron chi connectivity index (χ4n) is 3.34. The topological polar surface area (TPSA) is 54.3 Å². The molecular weight excluding hydrogens is 345 g/mol. The number of likely N-dealkylation sites (N-methyl/N-ethyl adjacent to an activating group) is 1. The molecule has 0 aliphatic carbocycles. The standard InChI is InChI=1S/C20H20FN5O/c1-24-17-6-4-3-5-15(17)12-26(13-19(24)27)20-23-22-18(25(20)2)11-14-7-9-16(21)10-8-14/h3-10H,11-13H2,1-2H3. The van der Waals surface area contributed by atoms with Crippen molar-refractivity contribution in [1.29, 1.82) is 0 Å². The van der Waals surface area contributed by atoms with Gasteiger partial charge in [-0.1, -0.05) is 30.3 Å². The molecule has 4 rings (SSSR count). The summed E-state index contributed by atoms with van der Waals surface area (Å²) >= 11 is 0. The third-order valence-corrected chi connectivity index (χ3v) is 4.91. The number of amides is 1. The molecule has 2 aromatic carbocycles. The van der Waals surface area contributed by atoms with E-state index in [-0.39, 0.29) is 18.3 Å². The van der Waals surface area contributed by atoms with Crippen LogP contribution in [-0.4, -0.2) is 34.3 Å². The van der Waals surface area contributed by atoms with E-state index < -0.39 is 0 Å². The van der Waals surface area contributed by atoms with Crippen molar-refractivity contribution in [3.8, 4) is 0 Å². The number of anilines is 2. The fourth-order valence-corrected chi connectivity index (χ4v) is 3.34. The van der Waals surface area contributed by atoms with Crippen molar-refractivity contribution in [2.75, 3.05) is 23.4 Å². The van der Waals surface area contributed by atoms with Crippen molar-refractivity contribution < 1.29 is 9.18 Å². The summed E-state index contributed by atoms with van der Waals surface area (Å²) in [5.41, 5.74) is 2.93. The average Bonchev–Trinajstić information content (AvgIpc) is 2.97. The zero-order chi connectivity index (χ0) is 19.0. The Kier molecular flexibility index (Phi) is 4.35. The number of hydrogen-bond donors (Lipinski definition) is 0. The molecule has 1 amide bonds. The van der Waals surface area contributed by atoms with Gasteiger partial charge >= 0.3 is 0 Å². The predicted molar refractivity (Wildman–Crippen MR) is 101 cm³/mol. The lowest BCUT2D eigenvalue weighted by atomic mass is 10.1. The number of aromatic nitrogens is 3. The molecular formula is C20H20FN5O. The number of hydrogen-bond acceptors (Lipinski definition) is 4. The number of fused-ring (bicyclic) bond motifs is 1. The highest BCUT2D eigenvalue weighted by Gasteiger charge is 2.26. The van der Waals surface area contributed by atoms with Gasteiger partial charge < -0.3 is 14.4 Å². The van der Waals surface area contributed by atoms with Crippen LogP contribution < -0.4 is 9.80 Å². The molecule has 0 N–H and O–H groups in total. The van der Waals surface area contributed by atoms with E-state index in [1.54, 1.807) is 24.1 Å². The first kappa shape index (κ1) is 17.2. The molecule has 0 saturated heterocycles. The highest BCUT2D eigenvalue weighted by Crippen LogP contribution is 2.27. The van der Waals surface area contributed by atoms with Crippen LogP contribution in [0.5, 0.6) is 0 Å². The third kappa shape index (κ3) is 3.28. The van der Waals surface area contributed by atoms with Gasteiger partial charge in [0.05, 0.1) is 0 Å². The summed E-state index contributed by atoms with van der Waals surface area (Å²) in [6.07, 6.45) is 0.544. The van der Waals surface area contributed by atoms with Crippen LogP contribution in [0, 0.1) is 5.82 Å². The lowest BCUT2D eigenvalue weighted by molar-refractivity contribution is -0.117. The third-order valence-electron chi connectivity index (χ3n) is 4.91. The van der Waals surface area contributed by atoms with Crippen molar-refractivity contribution in [2.24, 2.45) is 7.05 Å². The first-order valence-corrected chi connectivity index (χ1v) is 8.75. The molecule has 7 heteroatoms. The van der Waals surface area contributed by atoms with E-state index >= 15 is 0 Å². The van der Waals surface area contributed by atoms with E-state index in [9.17, 15) is 9.18 Å². The predicted octanol–water partition coefficient (Wildman–Crippen LogP) is 2.53. The number of nitrogens with zero attached hydrogens (tertiary/aromatic N) is 5. The van der Waals surface area contributed by atoms with Crippen LogP contribution in [0.4, 0.5) is 16.0 Å². The van der Waals surface area contributed by atoms with Crippen molar-refractivity contribution in [2.45, 2.75) is 13.0 Å². The minimum absolute atomic E-state index is 0.00281. The lowest BCUT2D eigenvalue weighted by Crippen LogP contribution is -2.36. The number of para-hydroxylation sites is 1. The van der Waals surface area contributed by atoms with Crippen molar-refractivity contribution in [3.05, 3.63) is 71.3 Å². The molecule has 138 valence electrons. The molecule has 0 spiro atoms. The normalized spacial score (nSPS) is 14.3. The second-order valence-corrected chi connectivity index (χ2v) is 6.72. The summed E-state index contributed by atoms with van der Waals surface area (Å²) in [4.78, 5) is 16.2. The van der Waals surface area contributed by atoms with Crippen LogP contribution in [0.25, 0.3) is 0 Å². The van der Waals surface area contributed by atoms with Gasteiger partial charge in [-0.2, -0.15) is 0 Å². The largest absolute Gasteiger partial charge is 0.327 e. The maximum atomic E-state index is 13.1. The van der Waals surface area contributed by atoms with Gasteiger partial charge in [-0.25, -0.2) is 4.39 Å². The second-order valence-electron chi connectivity index (χ2n) is 6.72. The van der Waals surface area contributed by atoms with Crippen LogP contribution in [-0.2, 0) is 24.8 Å². The molecule has 0 atom stereocenters. The maximum Gasteiger partial charge on any atom is 0.246 e. The minimum Gasteiger partial charge on any atom is -0.327 e. The molecule has 1 aliphatic heterocycles. The molecule has 3 aromatic rings. The summed E-state index contributed by atoms with van der Waals surface area (Å²) in [6, 6.07) is 14.2. The zero-order valence-electron chi connectivity index (χ0n) is 15.3. The summed E-state index contributed by atoms with van der Waals surface area (Å²) in [5.74, 6) is 1.15. The SMILES string of the molecule is CN1C(=O)CN(c2nnc(Cc3ccc(F)cc3)n2C)Cc2ccccc21. The molecule has 0 radical (unpaired) electrons. The van der Waals surface area contributed by atoms with Crippen LogP contribution in [0.2, 0.25) is 0 Å². The minimum atomic E-state index is -0.261. The van der Waals surface area contributed by atoms with Crippen molar-refractivity contribution >= 4 is 17.5 Å². The molecule has 2 heterocycles. The molecule has 0 saturated carbocycles. The first-order chi connectivity index (χ1) is 13.0. The first-order valence-electron chi connectivity index (χ1n) is 8.75. The fraction of sp³-hybridized carbons (Fsp3) is 0.250. The zero-order valence-corrected chi connectivity index (χ0v) is 15.3. The van der Waals surface area contributed by atoms with E-state index in [0.717, 1.165) is 22.6 Å². The van der Waals surface area contributed by atoms with Gasteiger partial charge in [0.25, 0.3) is 0 Å². The monoisotopic (exact) mass is 365 g/mol. The molecule has 1 aliphatic rings. The van der Waals surface area contributed by atoms with Crippen LogP contribution in [0.15, 0.2) is 48.5 Å². The van der Waals surface area contributed by atoms with Crippen LogP contribution in [0.1, 0.15) is 17.0 Å². The van der Waals surface area contributed by atoms with E-state index in [0.29, 0.717) is 18.9 Å². The van der Waals surface area contributed by atoms with Gasteiger partial charge in [0, 0.05) is 32.7 Å². The van der Waals surface area contributed by atoms with Gasteiger partial charge in [-0.15, -0.1) is 10.2 Å². The Hall–Kier alpha value is -3.22. The Morgan fingerprint density at radius 1 is 1.00 bits per heavy atom. The van der Waals surface area contributed by atoms with E-state index in [1.807, 2.05) is 40.8 Å². The maximum absolute atomic E-state index is 13.1. The van der Waals surface area contributed by atoms with E-state index in [2.05, 4.69) is 10.2 Å². The summed E-state index contributed by atoms with van der Waals surface area (Å²) in [6.45, 7) is 0.808. The highest BCUT2D eigenvalue weighted by atomic mass is 19.1. The molecule has 6 nitrogen and oxygen atoms in total. The number of benzene rings is 2. The van der Waals surface area contributed by atoms with E-state index in [1.165, 1.54) is 12.1 Å².